The molecule has 0 bridgehead atoms. The van der Waals surface area contributed by atoms with E-state index >= 15 is 0 Å². The third-order valence-electron chi connectivity index (χ3n) is 2.69. The van der Waals surface area contributed by atoms with E-state index in [1.807, 2.05) is 57.2 Å². The van der Waals surface area contributed by atoms with Crippen LogP contribution in [0.4, 0.5) is 11.5 Å². The van der Waals surface area contributed by atoms with Gasteiger partial charge in [0.15, 0.2) is 0 Å². The Hall–Kier alpha value is -2.49. The first-order chi connectivity index (χ1) is 9.83. The van der Waals surface area contributed by atoms with Gasteiger partial charge in [0.25, 0.3) is 0 Å². The lowest BCUT2D eigenvalue weighted by atomic mass is 10.2. The predicted molar refractivity (Wildman–Crippen MR) is 83.1 cm³/mol. The minimum absolute atomic E-state index is 0.777. The number of para-hydroxylation sites is 1. The standard InChI is InChI=1S/C14H12N4.C2H6/c1-10-7-13-12(8-15-10)14(17-9-16-13)18-11-5-3-2-4-6-11;1-2/h2-9H,1H3,(H,16,17,18);1-2H3. The van der Waals surface area contributed by atoms with Crippen molar-refractivity contribution in [3.63, 3.8) is 0 Å². The van der Waals surface area contributed by atoms with Gasteiger partial charge in [-0.15, -0.1) is 0 Å². The van der Waals surface area contributed by atoms with Crippen LogP contribution in [0.1, 0.15) is 19.5 Å². The van der Waals surface area contributed by atoms with Crippen LogP contribution in [0.15, 0.2) is 48.9 Å². The highest BCUT2D eigenvalue weighted by Crippen LogP contribution is 2.22. The third-order valence-corrected chi connectivity index (χ3v) is 2.69. The third kappa shape index (κ3) is 3.09. The molecule has 4 heteroatoms. The van der Waals surface area contributed by atoms with Gasteiger partial charge in [-0.25, -0.2) is 9.97 Å². The first kappa shape index (κ1) is 13.9. The summed E-state index contributed by atoms with van der Waals surface area (Å²) in [6.07, 6.45) is 3.36. The molecule has 4 nitrogen and oxygen atoms in total. The molecule has 0 aliphatic heterocycles. The highest BCUT2D eigenvalue weighted by atomic mass is 15.0. The molecule has 0 fully saturated rings. The Balaban J connectivity index is 0.000000704. The van der Waals surface area contributed by atoms with Crippen molar-refractivity contribution in [2.24, 2.45) is 0 Å². The summed E-state index contributed by atoms with van der Waals surface area (Å²) in [7, 11) is 0. The molecule has 0 spiro atoms. The first-order valence-corrected chi connectivity index (χ1v) is 6.72. The van der Waals surface area contributed by atoms with E-state index in [1.54, 1.807) is 12.5 Å². The fourth-order valence-electron chi connectivity index (χ4n) is 1.81. The van der Waals surface area contributed by atoms with E-state index in [-0.39, 0.29) is 0 Å². The number of pyridine rings is 1. The van der Waals surface area contributed by atoms with Crippen LogP contribution in [-0.2, 0) is 0 Å². The van der Waals surface area contributed by atoms with Crippen molar-refractivity contribution in [3.8, 4) is 0 Å². The number of anilines is 2. The summed E-state index contributed by atoms with van der Waals surface area (Å²) < 4.78 is 0. The van der Waals surface area contributed by atoms with Crippen molar-refractivity contribution in [3.05, 3.63) is 54.6 Å². The molecule has 1 N–H and O–H groups in total. The second kappa shape index (κ2) is 6.61. The highest BCUT2D eigenvalue weighted by molar-refractivity contribution is 5.89. The highest BCUT2D eigenvalue weighted by Gasteiger charge is 2.04. The smallest absolute Gasteiger partial charge is 0.143 e. The predicted octanol–water partition coefficient (Wildman–Crippen LogP) is 4.10. The van der Waals surface area contributed by atoms with Crippen molar-refractivity contribution in [1.82, 2.24) is 15.0 Å². The van der Waals surface area contributed by atoms with Crippen LogP contribution in [0.5, 0.6) is 0 Å². The quantitative estimate of drug-likeness (QED) is 0.758. The van der Waals surface area contributed by atoms with Crippen LogP contribution in [0, 0.1) is 6.92 Å². The number of hydrogen-bond donors (Lipinski definition) is 1. The SMILES string of the molecule is CC.Cc1cc2ncnc(Nc3ccccc3)c2cn1. The van der Waals surface area contributed by atoms with Gasteiger partial charge in [-0.2, -0.15) is 0 Å². The fraction of sp³-hybridized carbons (Fsp3) is 0.188. The Morgan fingerprint density at radius 1 is 0.950 bits per heavy atom. The maximum Gasteiger partial charge on any atom is 0.143 e. The molecule has 0 atom stereocenters. The van der Waals surface area contributed by atoms with E-state index in [1.165, 1.54) is 0 Å². The molecule has 2 heterocycles. The van der Waals surface area contributed by atoms with Gasteiger partial charge >= 0.3 is 0 Å². The lowest BCUT2D eigenvalue weighted by molar-refractivity contribution is 1.17. The number of fused-ring (bicyclic) bond motifs is 1. The number of aryl methyl sites for hydroxylation is 1. The minimum Gasteiger partial charge on any atom is -0.340 e. The molecule has 1 aromatic carbocycles. The van der Waals surface area contributed by atoms with Gasteiger partial charge in [-0.05, 0) is 25.1 Å². The van der Waals surface area contributed by atoms with Crippen molar-refractivity contribution >= 4 is 22.4 Å². The van der Waals surface area contributed by atoms with Crippen LogP contribution >= 0.6 is 0 Å². The zero-order valence-corrected chi connectivity index (χ0v) is 12.0. The molecule has 0 radical (unpaired) electrons. The number of benzene rings is 1. The Morgan fingerprint density at radius 2 is 1.70 bits per heavy atom. The molecule has 20 heavy (non-hydrogen) atoms. The number of aromatic nitrogens is 3. The van der Waals surface area contributed by atoms with Crippen LogP contribution in [-0.4, -0.2) is 15.0 Å². The van der Waals surface area contributed by atoms with Gasteiger partial charge in [0.05, 0.1) is 10.9 Å². The Labute approximate surface area is 118 Å². The second-order valence-electron chi connectivity index (χ2n) is 4.06. The van der Waals surface area contributed by atoms with Gasteiger partial charge in [0.2, 0.25) is 0 Å². The van der Waals surface area contributed by atoms with Crippen LogP contribution in [0.25, 0.3) is 10.9 Å². The molecule has 0 aliphatic carbocycles. The Kier molecular flexibility index (Phi) is 4.60. The number of hydrogen-bond acceptors (Lipinski definition) is 4. The molecule has 2 aromatic heterocycles. The molecule has 0 unspecified atom stereocenters. The molecular formula is C16H18N4. The summed E-state index contributed by atoms with van der Waals surface area (Å²) in [4.78, 5) is 12.8. The molecule has 0 saturated heterocycles. The summed E-state index contributed by atoms with van der Waals surface area (Å²) in [6, 6.07) is 11.9. The summed E-state index contributed by atoms with van der Waals surface area (Å²) in [5, 5.41) is 4.20. The fourth-order valence-corrected chi connectivity index (χ4v) is 1.81. The zero-order valence-electron chi connectivity index (χ0n) is 12.0. The van der Waals surface area contributed by atoms with E-state index < -0.39 is 0 Å². The number of nitrogens with zero attached hydrogens (tertiary/aromatic N) is 3. The maximum absolute atomic E-state index is 4.29. The van der Waals surface area contributed by atoms with Crippen LogP contribution < -0.4 is 5.32 Å². The van der Waals surface area contributed by atoms with Crippen LogP contribution in [0.2, 0.25) is 0 Å². The zero-order chi connectivity index (χ0) is 14.4. The maximum atomic E-state index is 4.29. The molecule has 102 valence electrons. The molecule has 0 saturated carbocycles. The minimum atomic E-state index is 0.777. The van der Waals surface area contributed by atoms with Gasteiger partial charge in [-0.3, -0.25) is 4.98 Å². The second-order valence-corrected chi connectivity index (χ2v) is 4.06. The van der Waals surface area contributed by atoms with E-state index in [0.29, 0.717) is 0 Å². The van der Waals surface area contributed by atoms with E-state index in [0.717, 1.165) is 28.1 Å². The van der Waals surface area contributed by atoms with Crippen molar-refractivity contribution in [2.45, 2.75) is 20.8 Å². The van der Waals surface area contributed by atoms with Crippen molar-refractivity contribution in [2.75, 3.05) is 5.32 Å². The Morgan fingerprint density at radius 3 is 2.45 bits per heavy atom. The van der Waals surface area contributed by atoms with Gasteiger partial charge in [-0.1, -0.05) is 32.0 Å². The molecule has 3 aromatic rings. The normalized spacial score (nSPS) is 9.75. The topological polar surface area (TPSA) is 50.7 Å². The average Bonchev–Trinajstić information content (AvgIpc) is 2.50. The number of rotatable bonds is 2. The Bertz CT molecular complexity index is 680. The monoisotopic (exact) mass is 266 g/mol. The lowest BCUT2D eigenvalue weighted by Gasteiger charge is -2.07. The first-order valence-electron chi connectivity index (χ1n) is 6.72. The summed E-state index contributed by atoms with van der Waals surface area (Å²) in [5.41, 5.74) is 2.85. The van der Waals surface area contributed by atoms with Gasteiger partial charge in [0, 0.05) is 17.6 Å². The van der Waals surface area contributed by atoms with Crippen LogP contribution in [0.3, 0.4) is 0 Å². The summed E-state index contributed by atoms with van der Waals surface area (Å²) in [6.45, 7) is 5.95. The van der Waals surface area contributed by atoms with Crippen molar-refractivity contribution < 1.29 is 0 Å². The summed E-state index contributed by atoms with van der Waals surface area (Å²) >= 11 is 0. The molecule has 3 rings (SSSR count). The molecular weight excluding hydrogens is 248 g/mol. The number of nitrogens with one attached hydrogen (secondary N) is 1. The van der Waals surface area contributed by atoms with Gasteiger partial charge < -0.3 is 5.32 Å². The average molecular weight is 266 g/mol. The lowest BCUT2D eigenvalue weighted by Crippen LogP contribution is -1.96. The van der Waals surface area contributed by atoms with E-state index in [2.05, 4.69) is 20.3 Å². The molecule has 0 aliphatic rings. The summed E-state index contributed by atoms with van der Waals surface area (Å²) in [5.74, 6) is 0.777. The van der Waals surface area contributed by atoms with E-state index in [9.17, 15) is 0 Å². The van der Waals surface area contributed by atoms with E-state index in [4.69, 9.17) is 0 Å². The largest absolute Gasteiger partial charge is 0.340 e. The van der Waals surface area contributed by atoms with Crippen molar-refractivity contribution in [1.29, 1.82) is 0 Å². The van der Waals surface area contributed by atoms with Gasteiger partial charge in [0.1, 0.15) is 12.1 Å². The molecule has 0 amide bonds.